The summed E-state index contributed by atoms with van der Waals surface area (Å²) in [7, 11) is 0. The van der Waals surface area contributed by atoms with Gasteiger partial charge in [-0.1, -0.05) is 36.4 Å². The van der Waals surface area contributed by atoms with Gasteiger partial charge in [-0.2, -0.15) is 0 Å². The van der Waals surface area contributed by atoms with E-state index in [2.05, 4.69) is 15.6 Å². The molecule has 1 aromatic heterocycles. The monoisotopic (exact) mass is 389 g/mol. The molecule has 0 unspecified atom stereocenters. The first-order valence-electron chi connectivity index (χ1n) is 8.91. The molecule has 0 aliphatic heterocycles. The highest BCUT2D eigenvalue weighted by atomic mass is 16.5. The molecule has 0 saturated carbocycles. The second-order valence-corrected chi connectivity index (χ2v) is 6.11. The standard InChI is InChI=1S/C22H19N3O4/c26-20(29-15-16-6-2-1-3-7-16)14-24-21(27)17-8-4-10-19(12-17)25-22(28)18-9-5-11-23-13-18/h1-13H,14-15H2,(H,24,27)(H,25,28). The van der Waals surface area contributed by atoms with Crippen molar-refractivity contribution in [2.45, 2.75) is 6.61 Å². The van der Waals surface area contributed by atoms with E-state index >= 15 is 0 Å². The van der Waals surface area contributed by atoms with Crippen LogP contribution in [0.15, 0.2) is 79.1 Å². The molecule has 29 heavy (non-hydrogen) atoms. The van der Waals surface area contributed by atoms with Crippen LogP contribution in [0.1, 0.15) is 26.3 Å². The maximum Gasteiger partial charge on any atom is 0.325 e. The van der Waals surface area contributed by atoms with Crippen LogP contribution in [0.3, 0.4) is 0 Å². The molecule has 0 fully saturated rings. The van der Waals surface area contributed by atoms with Crippen molar-refractivity contribution in [3.8, 4) is 0 Å². The minimum absolute atomic E-state index is 0.144. The van der Waals surface area contributed by atoms with Gasteiger partial charge >= 0.3 is 5.97 Å². The van der Waals surface area contributed by atoms with Crippen LogP contribution in [0.2, 0.25) is 0 Å². The zero-order valence-corrected chi connectivity index (χ0v) is 15.5. The average Bonchev–Trinajstić information content (AvgIpc) is 2.77. The molecular weight excluding hydrogens is 370 g/mol. The van der Waals surface area contributed by atoms with E-state index in [0.717, 1.165) is 5.56 Å². The molecule has 0 atom stereocenters. The minimum atomic E-state index is -0.539. The molecule has 2 aromatic carbocycles. The molecule has 0 aliphatic rings. The molecule has 7 nitrogen and oxygen atoms in total. The lowest BCUT2D eigenvalue weighted by Gasteiger charge is -2.09. The highest BCUT2D eigenvalue weighted by Gasteiger charge is 2.11. The van der Waals surface area contributed by atoms with Gasteiger partial charge in [0.1, 0.15) is 13.2 Å². The highest BCUT2D eigenvalue weighted by molar-refractivity contribution is 6.05. The SMILES string of the molecule is O=C(CNC(=O)c1cccc(NC(=O)c2cccnc2)c1)OCc1ccccc1. The van der Waals surface area contributed by atoms with Crippen LogP contribution in [-0.2, 0) is 16.1 Å². The normalized spacial score (nSPS) is 10.1. The Hall–Kier alpha value is -4.00. The number of amides is 2. The Morgan fingerprint density at radius 2 is 1.66 bits per heavy atom. The Bertz CT molecular complexity index is 991. The maximum absolute atomic E-state index is 12.3. The fraction of sp³-hybridized carbons (Fsp3) is 0.0909. The largest absolute Gasteiger partial charge is 0.460 e. The molecule has 2 amide bonds. The van der Waals surface area contributed by atoms with Gasteiger partial charge in [-0.3, -0.25) is 19.4 Å². The van der Waals surface area contributed by atoms with Crippen LogP contribution in [-0.4, -0.2) is 29.3 Å². The molecule has 0 aliphatic carbocycles. The average molecular weight is 389 g/mol. The maximum atomic E-state index is 12.3. The first-order chi connectivity index (χ1) is 14.1. The minimum Gasteiger partial charge on any atom is -0.460 e. The molecule has 0 spiro atoms. The van der Waals surface area contributed by atoms with Crippen molar-refractivity contribution >= 4 is 23.5 Å². The highest BCUT2D eigenvalue weighted by Crippen LogP contribution is 2.12. The predicted octanol–water partition coefficient (Wildman–Crippen LogP) is 2.81. The molecule has 146 valence electrons. The molecule has 0 bridgehead atoms. The van der Waals surface area contributed by atoms with Crippen LogP contribution in [0.25, 0.3) is 0 Å². The van der Waals surface area contributed by atoms with Crippen molar-refractivity contribution < 1.29 is 19.1 Å². The summed E-state index contributed by atoms with van der Waals surface area (Å²) in [6, 6.07) is 19.0. The van der Waals surface area contributed by atoms with Gasteiger partial charge in [0.2, 0.25) is 0 Å². The number of benzene rings is 2. The Labute approximate surface area is 167 Å². The van der Waals surface area contributed by atoms with Crippen LogP contribution in [0.4, 0.5) is 5.69 Å². The number of rotatable bonds is 7. The van der Waals surface area contributed by atoms with Crippen LogP contribution in [0.5, 0.6) is 0 Å². The summed E-state index contributed by atoms with van der Waals surface area (Å²) >= 11 is 0. The van der Waals surface area contributed by atoms with E-state index in [4.69, 9.17) is 4.74 Å². The quantitative estimate of drug-likeness (QED) is 0.606. The number of ether oxygens (including phenoxy) is 1. The fourth-order valence-electron chi connectivity index (χ4n) is 2.48. The first-order valence-corrected chi connectivity index (χ1v) is 8.91. The molecular formula is C22H19N3O4. The topological polar surface area (TPSA) is 97.4 Å². The van der Waals surface area contributed by atoms with E-state index in [9.17, 15) is 14.4 Å². The van der Waals surface area contributed by atoms with E-state index in [0.29, 0.717) is 16.8 Å². The number of nitrogens with one attached hydrogen (secondary N) is 2. The van der Waals surface area contributed by atoms with E-state index in [-0.39, 0.29) is 19.1 Å². The number of esters is 1. The number of carbonyl (C=O) groups excluding carboxylic acids is 3. The summed E-state index contributed by atoms with van der Waals surface area (Å²) in [5.74, 6) is -1.32. The van der Waals surface area contributed by atoms with Crippen molar-refractivity contribution in [3.63, 3.8) is 0 Å². The first kappa shape index (κ1) is 19.8. The number of anilines is 1. The summed E-state index contributed by atoms with van der Waals surface area (Å²) in [6.45, 7) is -0.108. The Morgan fingerprint density at radius 3 is 2.41 bits per heavy atom. The molecule has 3 aromatic rings. The molecule has 3 rings (SSSR count). The van der Waals surface area contributed by atoms with Crippen molar-refractivity contribution in [2.24, 2.45) is 0 Å². The van der Waals surface area contributed by atoms with Gasteiger partial charge in [0.25, 0.3) is 11.8 Å². The lowest BCUT2D eigenvalue weighted by Crippen LogP contribution is -2.30. The van der Waals surface area contributed by atoms with Gasteiger partial charge < -0.3 is 15.4 Å². The van der Waals surface area contributed by atoms with Crippen LogP contribution in [0, 0.1) is 0 Å². The Morgan fingerprint density at radius 1 is 0.862 bits per heavy atom. The summed E-state index contributed by atoms with van der Waals surface area (Å²) in [4.78, 5) is 40.2. The third-order valence-corrected chi connectivity index (χ3v) is 3.94. The zero-order chi connectivity index (χ0) is 20.5. The van der Waals surface area contributed by atoms with Gasteiger partial charge in [-0.25, -0.2) is 0 Å². The Balaban J connectivity index is 1.51. The molecule has 7 heteroatoms. The molecule has 0 radical (unpaired) electrons. The van der Waals surface area contributed by atoms with Gasteiger partial charge in [-0.15, -0.1) is 0 Å². The number of carbonyl (C=O) groups is 3. The van der Waals surface area contributed by atoms with Crippen molar-refractivity contribution in [1.29, 1.82) is 0 Å². The fourth-order valence-corrected chi connectivity index (χ4v) is 2.48. The lowest BCUT2D eigenvalue weighted by molar-refractivity contribution is -0.143. The van der Waals surface area contributed by atoms with Crippen molar-refractivity contribution in [3.05, 3.63) is 95.8 Å². The number of pyridine rings is 1. The zero-order valence-electron chi connectivity index (χ0n) is 15.5. The third-order valence-electron chi connectivity index (χ3n) is 3.94. The van der Waals surface area contributed by atoms with Gasteiger partial charge in [0.05, 0.1) is 5.56 Å². The summed E-state index contributed by atoms with van der Waals surface area (Å²) < 4.78 is 5.12. The van der Waals surface area contributed by atoms with E-state index in [1.807, 2.05) is 30.3 Å². The Kier molecular flexibility index (Phi) is 6.67. The van der Waals surface area contributed by atoms with Gasteiger partial charge in [-0.05, 0) is 35.9 Å². The number of aromatic nitrogens is 1. The van der Waals surface area contributed by atoms with Crippen LogP contribution >= 0.6 is 0 Å². The summed E-state index contributed by atoms with van der Waals surface area (Å²) in [5.41, 5.74) is 2.04. The number of hydrogen-bond donors (Lipinski definition) is 2. The number of nitrogens with zero attached hydrogens (tertiary/aromatic N) is 1. The van der Waals surface area contributed by atoms with E-state index in [1.54, 1.807) is 36.5 Å². The van der Waals surface area contributed by atoms with Gasteiger partial charge in [0, 0.05) is 23.6 Å². The van der Waals surface area contributed by atoms with E-state index in [1.165, 1.54) is 12.3 Å². The molecule has 1 heterocycles. The second-order valence-electron chi connectivity index (χ2n) is 6.11. The molecule has 0 saturated heterocycles. The third kappa shape index (κ3) is 6.00. The van der Waals surface area contributed by atoms with Crippen LogP contribution < -0.4 is 10.6 Å². The van der Waals surface area contributed by atoms with Crippen molar-refractivity contribution in [1.82, 2.24) is 10.3 Å². The predicted molar refractivity (Wildman–Crippen MR) is 107 cm³/mol. The van der Waals surface area contributed by atoms with Crippen molar-refractivity contribution in [2.75, 3.05) is 11.9 Å². The smallest absolute Gasteiger partial charge is 0.325 e. The van der Waals surface area contributed by atoms with Gasteiger partial charge in [0.15, 0.2) is 0 Å². The van der Waals surface area contributed by atoms with E-state index < -0.39 is 11.9 Å². The summed E-state index contributed by atoms with van der Waals surface area (Å²) in [5, 5.41) is 5.22. The number of hydrogen-bond acceptors (Lipinski definition) is 5. The molecule has 2 N–H and O–H groups in total. The summed E-state index contributed by atoms with van der Waals surface area (Å²) in [6.07, 6.45) is 3.03. The lowest BCUT2D eigenvalue weighted by atomic mass is 10.1. The second kappa shape index (κ2) is 9.80.